The minimum absolute atomic E-state index is 0.639. The molecule has 14 rings (SSSR count). The van der Waals surface area contributed by atoms with E-state index >= 15 is 0 Å². The lowest BCUT2D eigenvalue weighted by Crippen LogP contribution is -2.26. The Morgan fingerprint density at radius 2 is 0.974 bits per heavy atom. The van der Waals surface area contributed by atoms with Crippen LogP contribution in [0, 0.1) is 0 Å². The largest absolute Gasteiger partial charge is 0.310 e. The average molecular weight is 969 g/mol. The number of rotatable bonds is 10. The molecule has 0 radical (unpaired) electrons. The van der Waals surface area contributed by atoms with E-state index in [1.54, 1.807) is 0 Å². The van der Waals surface area contributed by atoms with Gasteiger partial charge in [-0.2, -0.15) is 0 Å². The molecule has 2 aliphatic carbocycles. The van der Waals surface area contributed by atoms with E-state index in [0.717, 1.165) is 45.3 Å². The van der Waals surface area contributed by atoms with Crippen molar-refractivity contribution in [3.63, 3.8) is 0 Å². The van der Waals surface area contributed by atoms with E-state index in [0.29, 0.717) is 0 Å². The van der Waals surface area contributed by atoms with Crippen LogP contribution in [-0.2, 0) is 5.41 Å². The van der Waals surface area contributed by atoms with Crippen LogP contribution >= 0.6 is 0 Å². The second-order valence-electron chi connectivity index (χ2n) is 19.8. The van der Waals surface area contributed by atoms with Gasteiger partial charge in [-0.1, -0.05) is 231 Å². The molecule has 0 heterocycles. The van der Waals surface area contributed by atoms with E-state index < -0.39 is 5.41 Å². The molecule has 0 N–H and O–H groups in total. The summed E-state index contributed by atoms with van der Waals surface area (Å²) in [6.45, 7) is 6.36. The summed E-state index contributed by atoms with van der Waals surface area (Å²) in [6.07, 6.45) is 6.26. The fourth-order valence-electron chi connectivity index (χ4n) is 13.0. The normalized spacial score (nSPS) is 13.1. The Morgan fingerprint density at radius 3 is 1.66 bits per heavy atom. The molecule has 0 saturated carbocycles. The molecule has 0 unspecified atom stereocenters. The van der Waals surface area contributed by atoms with Gasteiger partial charge < -0.3 is 9.80 Å². The molecule has 0 amide bonds. The minimum Gasteiger partial charge on any atom is -0.310 e. The molecular formula is C74H52N2. The molecule has 0 aliphatic heterocycles. The van der Waals surface area contributed by atoms with Crippen molar-refractivity contribution in [2.75, 3.05) is 9.80 Å². The molecule has 2 nitrogen and oxygen atoms in total. The summed E-state index contributed by atoms with van der Waals surface area (Å²) in [5.41, 5.74) is 21.0. The first-order chi connectivity index (χ1) is 37.7. The van der Waals surface area contributed by atoms with Crippen LogP contribution in [0.3, 0.4) is 0 Å². The summed E-state index contributed by atoms with van der Waals surface area (Å²) in [5, 5.41) is 7.38. The summed E-state index contributed by atoms with van der Waals surface area (Å²) in [7, 11) is 0. The van der Waals surface area contributed by atoms with Crippen molar-refractivity contribution in [3.8, 4) is 33.4 Å². The Balaban J connectivity index is 1.05. The molecule has 0 aromatic heterocycles. The highest BCUT2D eigenvalue weighted by atomic mass is 15.2. The second kappa shape index (κ2) is 18.3. The van der Waals surface area contributed by atoms with Gasteiger partial charge in [0, 0.05) is 33.9 Å². The quantitative estimate of drug-likeness (QED) is 0.0995. The Labute approximate surface area is 444 Å². The van der Waals surface area contributed by atoms with Crippen LogP contribution in [0.15, 0.2) is 297 Å². The van der Waals surface area contributed by atoms with Crippen molar-refractivity contribution in [1.82, 2.24) is 0 Å². The molecule has 12 aromatic carbocycles. The van der Waals surface area contributed by atoms with Crippen LogP contribution < -0.4 is 9.80 Å². The van der Waals surface area contributed by atoms with Crippen molar-refractivity contribution in [2.24, 2.45) is 0 Å². The molecule has 0 atom stereocenters. The van der Waals surface area contributed by atoms with E-state index in [1.165, 1.54) is 88.0 Å². The topological polar surface area (TPSA) is 6.48 Å². The van der Waals surface area contributed by atoms with Gasteiger partial charge >= 0.3 is 0 Å². The SMILES string of the molecule is C=C/C=C(\C(=C/C)c1ccccc1)N(c1ccccc1)c1ccc2c3c(ccc2c1)-c1c(c2ccc(N(c4ccccc4)c4ccccc4-c4ccccc4)cc2c2ccccc12)C31c2ccccc2-c2ccccc21. The molecule has 358 valence electrons. The Morgan fingerprint density at radius 1 is 0.408 bits per heavy atom. The minimum atomic E-state index is -0.639. The maximum atomic E-state index is 4.23. The molecule has 0 fully saturated rings. The van der Waals surface area contributed by atoms with Gasteiger partial charge in [0.2, 0.25) is 0 Å². The highest BCUT2D eigenvalue weighted by Crippen LogP contribution is 2.67. The number of benzene rings is 12. The molecule has 0 bridgehead atoms. The first-order valence-corrected chi connectivity index (χ1v) is 26.3. The summed E-state index contributed by atoms with van der Waals surface area (Å²) < 4.78 is 0. The number of hydrogen-bond donors (Lipinski definition) is 0. The van der Waals surface area contributed by atoms with Crippen LogP contribution in [-0.4, -0.2) is 0 Å². The van der Waals surface area contributed by atoms with Crippen LogP contribution in [0.2, 0.25) is 0 Å². The fourth-order valence-corrected chi connectivity index (χ4v) is 13.0. The average Bonchev–Trinajstić information content (AvgIpc) is 4.19. The highest BCUT2D eigenvalue weighted by Gasteiger charge is 2.54. The molecule has 0 saturated heterocycles. The monoisotopic (exact) mass is 968 g/mol. The predicted molar refractivity (Wildman–Crippen MR) is 322 cm³/mol. The number of allylic oxidation sites excluding steroid dienone is 4. The van der Waals surface area contributed by atoms with E-state index in [9.17, 15) is 0 Å². The molecule has 2 heteroatoms. The zero-order valence-electron chi connectivity index (χ0n) is 42.2. The molecule has 76 heavy (non-hydrogen) atoms. The van der Waals surface area contributed by atoms with Gasteiger partial charge in [-0.05, 0) is 156 Å². The predicted octanol–water partition coefficient (Wildman–Crippen LogP) is 19.9. The highest BCUT2D eigenvalue weighted by molar-refractivity contribution is 6.22. The van der Waals surface area contributed by atoms with Crippen LogP contribution in [0.25, 0.3) is 71.3 Å². The zero-order chi connectivity index (χ0) is 50.7. The van der Waals surface area contributed by atoms with E-state index in [-0.39, 0.29) is 0 Å². The maximum Gasteiger partial charge on any atom is 0.0737 e. The summed E-state index contributed by atoms with van der Waals surface area (Å²) >= 11 is 0. The first kappa shape index (κ1) is 44.9. The van der Waals surface area contributed by atoms with Gasteiger partial charge in [0.25, 0.3) is 0 Å². The van der Waals surface area contributed by atoms with Crippen molar-refractivity contribution in [1.29, 1.82) is 0 Å². The molecular weight excluding hydrogens is 917 g/mol. The summed E-state index contributed by atoms with van der Waals surface area (Å²) in [4.78, 5) is 4.82. The lowest BCUT2D eigenvalue weighted by molar-refractivity contribution is 0.809. The van der Waals surface area contributed by atoms with Gasteiger partial charge in [-0.15, -0.1) is 0 Å². The summed E-state index contributed by atoms with van der Waals surface area (Å²) in [5.74, 6) is 0. The van der Waals surface area contributed by atoms with E-state index in [4.69, 9.17) is 0 Å². The van der Waals surface area contributed by atoms with Crippen molar-refractivity contribution >= 4 is 66.3 Å². The number of nitrogens with zero attached hydrogens (tertiary/aromatic N) is 2. The molecule has 2 aliphatic rings. The van der Waals surface area contributed by atoms with Crippen molar-refractivity contribution in [3.05, 3.63) is 325 Å². The standard InChI is InChI=1S/C74H52N2/c1-3-25-69(57(4-2)50-26-9-5-10-27-50)75(53-30-13-7-14-31-53)55-43-46-59-52(48-55)42-45-65-71-63-38-18-17-35-60(63)66-49-56(76(54-32-15-8-16-33-54)70-41-24-21-34-58(70)51-28-11-6-12-29-51)44-47-64(66)73(71)74(72(59)65)67-39-22-19-36-61(67)62-37-20-23-40-68(62)74/h3-49H,1H2,2H3/b57-4-,69-25+. The lowest BCUT2D eigenvalue weighted by atomic mass is 9.68. The molecule has 12 aromatic rings. The zero-order valence-corrected chi connectivity index (χ0v) is 42.2. The van der Waals surface area contributed by atoms with Crippen LogP contribution in [0.1, 0.15) is 34.7 Å². The number of fused-ring (bicyclic) bond motifs is 17. The summed E-state index contributed by atoms with van der Waals surface area (Å²) in [6, 6.07) is 98.5. The Kier molecular flexibility index (Phi) is 10.8. The third-order valence-electron chi connectivity index (χ3n) is 15.9. The Bertz CT molecular complexity index is 4260. The van der Waals surface area contributed by atoms with Gasteiger partial charge in [0.15, 0.2) is 0 Å². The number of hydrogen-bond acceptors (Lipinski definition) is 2. The van der Waals surface area contributed by atoms with Gasteiger partial charge in [-0.3, -0.25) is 0 Å². The van der Waals surface area contributed by atoms with Crippen LogP contribution in [0.5, 0.6) is 0 Å². The van der Waals surface area contributed by atoms with Crippen LogP contribution in [0.4, 0.5) is 28.4 Å². The maximum absolute atomic E-state index is 4.23. The lowest BCUT2D eigenvalue weighted by Gasteiger charge is -2.33. The van der Waals surface area contributed by atoms with E-state index in [2.05, 4.69) is 302 Å². The van der Waals surface area contributed by atoms with Gasteiger partial charge in [-0.25, -0.2) is 0 Å². The number of anilines is 5. The Hall–Kier alpha value is -9.76. The van der Waals surface area contributed by atoms with Gasteiger partial charge in [0.1, 0.15) is 0 Å². The van der Waals surface area contributed by atoms with Crippen molar-refractivity contribution in [2.45, 2.75) is 12.3 Å². The first-order valence-electron chi connectivity index (χ1n) is 26.3. The second-order valence-corrected chi connectivity index (χ2v) is 19.8. The third kappa shape index (κ3) is 6.81. The van der Waals surface area contributed by atoms with Gasteiger partial charge in [0.05, 0.1) is 16.8 Å². The molecule has 1 spiro atoms. The number of para-hydroxylation sites is 3. The smallest absolute Gasteiger partial charge is 0.0737 e. The van der Waals surface area contributed by atoms with E-state index in [1.807, 2.05) is 6.08 Å². The fraction of sp³-hybridized carbons (Fsp3) is 0.0270. The van der Waals surface area contributed by atoms with Crippen molar-refractivity contribution < 1.29 is 0 Å². The third-order valence-corrected chi connectivity index (χ3v) is 15.9.